The van der Waals surface area contributed by atoms with Gasteiger partial charge in [-0.3, -0.25) is 9.59 Å². The van der Waals surface area contributed by atoms with Crippen molar-refractivity contribution in [3.05, 3.63) is 57.3 Å². The lowest BCUT2D eigenvalue weighted by atomic mass is 9.97. The van der Waals surface area contributed by atoms with Crippen LogP contribution in [-0.4, -0.2) is 59.4 Å². The van der Waals surface area contributed by atoms with Crippen LogP contribution in [0, 0.1) is 12.8 Å². The largest absolute Gasteiger partial charge is 0.507 e. The van der Waals surface area contributed by atoms with Gasteiger partial charge >= 0.3 is 0 Å². The molecule has 1 aromatic heterocycles. The smallest absolute Gasteiger partial charge is 0.295 e. The Bertz CT molecular complexity index is 1010. The Morgan fingerprint density at radius 2 is 1.94 bits per heavy atom. The molecule has 1 saturated heterocycles. The molecule has 1 fully saturated rings. The maximum atomic E-state index is 13.1. The number of carbonyl (C=O) groups excluding carboxylic acids is 2. The average Bonchev–Trinajstić information content (AvgIpc) is 3.40. The van der Waals surface area contributed by atoms with Crippen LogP contribution in [0.1, 0.15) is 49.7 Å². The molecule has 2 heterocycles. The van der Waals surface area contributed by atoms with E-state index in [9.17, 15) is 14.7 Å². The van der Waals surface area contributed by atoms with E-state index in [4.69, 9.17) is 4.74 Å². The van der Waals surface area contributed by atoms with Crippen molar-refractivity contribution in [1.29, 1.82) is 0 Å². The van der Waals surface area contributed by atoms with Gasteiger partial charge in [0, 0.05) is 23.5 Å². The fraction of sp³-hybridized carbons (Fsp3) is 0.462. The number of likely N-dealkylation sites (tertiary alicyclic amines) is 1. The third-order valence-corrected chi connectivity index (χ3v) is 6.87. The van der Waals surface area contributed by atoms with E-state index in [0.29, 0.717) is 36.9 Å². The van der Waals surface area contributed by atoms with Gasteiger partial charge < -0.3 is 19.6 Å². The summed E-state index contributed by atoms with van der Waals surface area (Å²) < 4.78 is 5.79. The minimum atomic E-state index is -0.634. The van der Waals surface area contributed by atoms with Crippen LogP contribution >= 0.6 is 11.3 Å². The van der Waals surface area contributed by atoms with E-state index >= 15 is 0 Å². The monoisotopic (exact) mass is 470 g/mol. The van der Waals surface area contributed by atoms with Crippen molar-refractivity contribution in [2.45, 2.75) is 40.7 Å². The highest BCUT2D eigenvalue weighted by Gasteiger charge is 2.46. The molecule has 1 N–H and O–H groups in total. The fourth-order valence-corrected chi connectivity index (χ4v) is 4.89. The maximum Gasteiger partial charge on any atom is 0.295 e. The number of benzene rings is 1. The molecule has 1 aliphatic rings. The second-order valence-corrected chi connectivity index (χ2v) is 9.70. The van der Waals surface area contributed by atoms with E-state index in [2.05, 4.69) is 32.6 Å². The zero-order chi connectivity index (χ0) is 24.1. The summed E-state index contributed by atoms with van der Waals surface area (Å²) in [6.07, 6.45) is 0. The van der Waals surface area contributed by atoms with Crippen LogP contribution in [0.15, 0.2) is 41.3 Å². The fourth-order valence-electron chi connectivity index (χ4n) is 4.04. The molecule has 0 bridgehead atoms. The first-order valence-electron chi connectivity index (χ1n) is 11.6. The van der Waals surface area contributed by atoms with Gasteiger partial charge in [-0.05, 0) is 61.1 Å². The van der Waals surface area contributed by atoms with Gasteiger partial charge in [-0.25, -0.2) is 0 Å². The van der Waals surface area contributed by atoms with Gasteiger partial charge in [0.05, 0.1) is 18.2 Å². The quantitative estimate of drug-likeness (QED) is 0.305. The summed E-state index contributed by atoms with van der Waals surface area (Å²) in [4.78, 5) is 30.8. The first-order chi connectivity index (χ1) is 15.8. The number of hydrogen-bond acceptors (Lipinski definition) is 6. The van der Waals surface area contributed by atoms with Gasteiger partial charge in [-0.15, -0.1) is 11.3 Å². The first-order valence-corrected chi connectivity index (χ1v) is 12.4. The number of carbonyl (C=O) groups is 2. The maximum absolute atomic E-state index is 13.1. The van der Waals surface area contributed by atoms with E-state index in [1.165, 1.54) is 11.3 Å². The Morgan fingerprint density at radius 1 is 1.21 bits per heavy atom. The van der Waals surface area contributed by atoms with Gasteiger partial charge in [0.2, 0.25) is 0 Å². The standard InChI is InChI=1S/C26H34N2O4S/c1-6-27(7-2)12-13-28-23(21-9-8-14-33-21)22(25(30)26(28)31)24(29)20-11-10-19(15-18(20)5)32-16-17(3)4/h8-11,14-15,17,23,29H,6-7,12-13,16H2,1-5H3/b24-22+. The van der Waals surface area contributed by atoms with Crippen molar-refractivity contribution in [1.82, 2.24) is 9.80 Å². The zero-order valence-electron chi connectivity index (χ0n) is 20.1. The number of aliphatic hydroxyl groups excluding tert-OH is 1. The van der Waals surface area contributed by atoms with Crippen molar-refractivity contribution in [2.24, 2.45) is 5.92 Å². The lowest BCUT2D eigenvalue weighted by Crippen LogP contribution is -2.37. The summed E-state index contributed by atoms with van der Waals surface area (Å²) in [7, 11) is 0. The average molecular weight is 471 g/mol. The Hall–Kier alpha value is -2.64. The summed E-state index contributed by atoms with van der Waals surface area (Å²) in [5.41, 5.74) is 1.48. The number of Topliss-reactive ketones (excluding diaryl/α,β-unsaturated/α-hetero) is 1. The number of hydrogen-bond donors (Lipinski definition) is 1. The molecule has 6 nitrogen and oxygen atoms in total. The highest BCUT2D eigenvalue weighted by Crippen LogP contribution is 2.41. The zero-order valence-corrected chi connectivity index (χ0v) is 20.9. The molecule has 0 saturated carbocycles. The molecular weight excluding hydrogens is 436 g/mol. The molecule has 0 spiro atoms. The highest BCUT2D eigenvalue weighted by molar-refractivity contribution is 7.10. The number of thiophene rings is 1. The second kappa shape index (κ2) is 11.0. The van der Waals surface area contributed by atoms with Crippen LogP contribution < -0.4 is 4.74 Å². The Labute approximate surface area is 200 Å². The lowest BCUT2D eigenvalue weighted by Gasteiger charge is -2.27. The van der Waals surface area contributed by atoms with Crippen molar-refractivity contribution < 1.29 is 19.4 Å². The molecule has 1 unspecified atom stereocenters. The summed E-state index contributed by atoms with van der Waals surface area (Å²) >= 11 is 1.48. The number of amides is 1. The van der Waals surface area contributed by atoms with Crippen LogP contribution in [0.2, 0.25) is 0 Å². The topological polar surface area (TPSA) is 70.1 Å². The van der Waals surface area contributed by atoms with Crippen LogP contribution in [0.5, 0.6) is 5.75 Å². The van der Waals surface area contributed by atoms with E-state index in [0.717, 1.165) is 23.5 Å². The van der Waals surface area contributed by atoms with Crippen LogP contribution in [0.25, 0.3) is 5.76 Å². The number of ether oxygens (including phenoxy) is 1. The van der Waals surface area contributed by atoms with Crippen LogP contribution in [0.4, 0.5) is 0 Å². The Kier molecular flexibility index (Phi) is 8.32. The van der Waals surface area contributed by atoms with Crippen LogP contribution in [-0.2, 0) is 9.59 Å². The molecule has 2 aromatic rings. The van der Waals surface area contributed by atoms with Gasteiger partial charge in [0.25, 0.3) is 11.7 Å². The summed E-state index contributed by atoms with van der Waals surface area (Å²) in [5.74, 6) is -0.213. The number of ketones is 1. The predicted molar refractivity (Wildman–Crippen MR) is 133 cm³/mol. The molecule has 1 aromatic carbocycles. The van der Waals surface area contributed by atoms with Crippen molar-refractivity contribution >= 4 is 28.8 Å². The van der Waals surface area contributed by atoms with Gasteiger partial charge in [0.1, 0.15) is 11.5 Å². The third-order valence-electron chi connectivity index (χ3n) is 5.94. The number of rotatable bonds is 10. The molecule has 7 heteroatoms. The van der Waals surface area contributed by atoms with Crippen LogP contribution in [0.3, 0.4) is 0 Å². The molecule has 33 heavy (non-hydrogen) atoms. The molecule has 1 amide bonds. The van der Waals surface area contributed by atoms with Crippen molar-refractivity contribution in [3.63, 3.8) is 0 Å². The molecule has 0 aliphatic carbocycles. The minimum absolute atomic E-state index is 0.134. The molecule has 1 aliphatic heterocycles. The Morgan fingerprint density at radius 3 is 2.52 bits per heavy atom. The molecule has 1 atom stereocenters. The normalized spacial score (nSPS) is 18.0. The molecule has 178 valence electrons. The first kappa shape index (κ1) is 25.0. The van der Waals surface area contributed by atoms with Gasteiger partial charge in [0.15, 0.2) is 0 Å². The predicted octanol–water partition coefficient (Wildman–Crippen LogP) is 4.85. The number of likely N-dealkylation sites (N-methyl/N-ethyl adjacent to an activating group) is 1. The Balaban J connectivity index is 2.00. The third kappa shape index (κ3) is 5.47. The van der Waals surface area contributed by atoms with Gasteiger partial charge in [-0.2, -0.15) is 0 Å². The highest BCUT2D eigenvalue weighted by atomic mass is 32.1. The summed E-state index contributed by atoms with van der Waals surface area (Å²) in [6, 6.07) is 8.63. The van der Waals surface area contributed by atoms with Crippen molar-refractivity contribution in [2.75, 3.05) is 32.8 Å². The van der Waals surface area contributed by atoms with Gasteiger partial charge in [-0.1, -0.05) is 33.8 Å². The number of aliphatic hydroxyl groups is 1. The van der Waals surface area contributed by atoms with E-state index in [1.54, 1.807) is 17.0 Å². The van der Waals surface area contributed by atoms with E-state index in [1.807, 2.05) is 30.5 Å². The second-order valence-electron chi connectivity index (χ2n) is 8.72. The molecule has 0 radical (unpaired) electrons. The van der Waals surface area contributed by atoms with Crippen molar-refractivity contribution in [3.8, 4) is 5.75 Å². The SMILES string of the molecule is CCN(CC)CCN1C(=O)C(=O)/C(=C(/O)c2ccc(OCC(C)C)cc2C)C1c1cccs1. The van der Waals surface area contributed by atoms with E-state index in [-0.39, 0.29) is 11.3 Å². The molecular formula is C26H34N2O4S. The minimum Gasteiger partial charge on any atom is -0.507 e. The summed E-state index contributed by atoms with van der Waals surface area (Å²) in [6.45, 7) is 13.6. The number of aryl methyl sites for hydroxylation is 1. The summed E-state index contributed by atoms with van der Waals surface area (Å²) in [5, 5.41) is 13.2. The lowest BCUT2D eigenvalue weighted by molar-refractivity contribution is -0.140. The number of nitrogens with zero attached hydrogens (tertiary/aromatic N) is 2. The van der Waals surface area contributed by atoms with E-state index < -0.39 is 17.7 Å². The molecule has 3 rings (SSSR count).